The summed E-state index contributed by atoms with van der Waals surface area (Å²) in [5.41, 5.74) is 8.32. The number of benzene rings is 2. The molecule has 0 spiro atoms. The third-order valence-corrected chi connectivity index (χ3v) is 3.14. The summed E-state index contributed by atoms with van der Waals surface area (Å²) in [5.74, 6) is -0.183. The van der Waals surface area contributed by atoms with Crippen molar-refractivity contribution < 1.29 is 9.59 Å². The van der Waals surface area contributed by atoms with Crippen molar-refractivity contribution in [1.82, 2.24) is 5.32 Å². The van der Waals surface area contributed by atoms with Crippen LogP contribution in [0, 0.1) is 0 Å². The third kappa shape index (κ3) is 4.06. The number of nitrogens with two attached hydrogens (primary N) is 1. The molecule has 2 aromatic rings. The fourth-order valence-corrected chi connectivity index (χ4v) is 2.02. The quantitative estimate of drug-likeness (QED) is 0.658. The molecular formula is C18H18N2O2. The van der Waals surface area contributed by atoms with Crippen LogP contribution in [0.5, 0.6) is 0 Å². The maximum atomic E-state index is 12.5. The maximum absolute atomic E-state index is 12.5. The summed E-state index contributed by atoms with van der Waals surface area (Å²) in [4.78, 5) is 23.3. The first-order chi connectivity index (χ1) is 10.6. The van der Waals surface area contributed by atoms with Gasteiger partial charge in [0.1, 0.15) is 0 Å². The van der Waals surface area contributed by atoms with E-state index in [0.29, 0.717) is 23.4 Å². The van der Waals surface area contributed by atoms with Gasteiger partial charge in [-0.25, -0.2) is 0 Å². The minimum atomic E-state index is -0.102. The molecule has 0 fully saturated rings. The minimum absolute atomic E-state index is 0.0816. The Morgan fingerprint density at radius 2 is 1.86 bits per heavy atom. The van der Waals surface area contributed by atoms with E-state index in [9.17, 15) is 9.59 Å². The number of nitrogen functional groups attached to an aromatic ring is 1. The van der Waals surface area contributed by atoms with Crippen LogP contribution >= 0.6 is 0 Å². The van der Waals surface area contributed by atoms with Crippen LogP contribution in [0.1, 0.15) is 28.4 Å². The van der Waals surface area contributed by atoms with Crippen molar-refractivity contribution >= 4 is 23.5 Å². The van der Waals surface area contributed by atoms with Gasteiger partial charge in [-0.2, -0.15) is 0 Å². The molecule has 22 heavy (non-hydrogen) atoms. The van der Waals surface area contributed by atoms with E-state index in [1.165, 1.54) is 6.92 Å². The molecule has 0 unspecified atom stereocenters. The van der Waals surface area contributed by atoms with Gasteiger partial charge in [0.15, 0.2) is 5.78 Å². The molecule has 0 aromatic heterocycles. The standard InChI is InChI=1S/C18H18N2O2/c1-13(21)20-11-5-6-14-9-10-17(19)16(12-14)18(22)15-7-3-2-4-8-15/h2-10,12H,11,19H2,1H3,(H,20,21). The van der Waals surface area contributed by atoms with Crippen LogP contribution in [0.15, 0.2) is 54.6 Å². The van der Waals surface area contributed by atoms with Crippen molar-refractivity contribution in [3.05, 3.63) is 71.3 Å². The van der Waals surface area contributed by atoms with E-state index in [2.05, 4.69) is 5.32 Å². The fourth-order valence-electron chi connectivity index (χ4n) is 2.02. The van der Waals surface area contributed by atoms with E-state index in [1.807, 2.05) is 36.4 Å². The molecule has 0 bridgehead atoms. The van der Waals surface area contributed by atoms with Gasteiger partial charge in [0.25, 0.3) is 0 Å². The number of carbonyl (C=O) groups excluding carboxylic acids is 2. The number of nitrogens with one attached hydrogen (secondary N) is 1. The Hall–Kier alpha value is -2.88. The van der Waals surface area contributed by atoms with Crippen molar-refractivity contribution in [2.75, 3.05) is 12.3 Å². The second kappa shape index (κ2) is 7.22. The summed E-state index contributed by atoms with van der Waals surface area (Å²) in [7, 11) is 0. The minimum Gasteiger partial charge on any atom is -0.398 e. The number of rotatable bonds is 5. The van der Waals surface area contributed by atoms with Crippen LogP contribution in [0.25, 0.3) is 6.08 Å². The topological polar surface area (TPSA) is 72.2 Å². The second-order valence-corrected chi connectivity index (χ2v) is 4.88. The molecule has 2 rings (SSSR count). The van der Waals surface area contributed by atoms with Crippen molar-refractivity contribution in [2.45, 2.75) is 6.92 Å². The number of anilines is 1. The van der Waals surface area contributed by atoms with Gasteiger partial charge in [-0.1, -0.05) is 48.6 Å². The molecule has 4 nitrogen and oxygen atoms in total. The highest BCUT2D eigenvalue weighted by molar-refractivity contribution is 6.12. The lowest BCUT2D eigenvalue weighted by Crippen LogP contribution is -2.19. The monoisotopic (exact) mass is 294 g/mol. The van der Waals surface area contributed by atoms with E-state index < -0.39 is 0 Å². The summed E-state index contributed by atoms with van der Waals surface area (Å²) in [6.45, 7) is 1.91. The van der Waals surface area contributed by atoms with Gasteiger partial charge in [0.2, 0.25) is 5.91 Å². The highest BCUT2D eigenvalue weighted by Crippen LogP contribution is 2.19. The van der Waals surface area contributed by atoms with Gasteiger partial charge in [0, 0.05) is 30.3 Å². The molecule has 0 saturated heterocycles. The molecule has 2 aromatic carbocycles. The lowest BCUT2D eigenvalue weighted by atomic mass is 9.99. The van der Waals surface area contributed by atoms with Gasteiger partial charge in [0.05, 0.1) is 0 Å². The van der Waals surface area contributed by atoms with Crippen LogP contribution in [0.3, 0.4) is 0 Å². The molecule has 0 radical (unpaired) electrons. The molecule has 4 heteroatoms. The zero-order chi connectivity index (χ0) is 15.9. The van der Waals surface area contributed by atoms with Gasteiger partial charge < -0.3 is 11.1 Å². The van der Waals surface area contributed by atoms with Crippen LogP contribution in [-0.2, 0) is 4.79 Å². The second-order valence-electron chi connectivity index (χ2n) is 4.88. The summed E-state index contributed by atoms with van der Waals surface area (Å²) in [6, 6.07) is 14.3. The summed E-state index contributed by atoms with van der Waals surface area (Å²) in [5, 5.41) is 2.67. The average molecular weight is 294 g/mol. The van der Waals surface area contributed by atoms with Gasteiger partial charge >= 0.3 is 0 Å². The Morgan fingerprint density at radius 3 is 2.55 bits per heavy atom. The van der Waals surface area contributed by atoms with Gasteiger partial charge in [-0.3, -0.25) is 9.59 Å². The lowest BCUT2D eigenvalue weighted by Gasteiger charge is -2.06. The first kappa shape index (κ1) is 15.5. The summed E-state index contributed by atoms with van der Waals surface area (Å²) in [6.07, 6.45) is 3.67. The Bertz CT molecular complexity index is 706. The number of carbonyl (C=O) groups is 2. The van der Waals surface area contributed by atoms with Crippen LogP contribution < -0.4 is 11.1 Å². The predicted molar refractivity (Wildman–Crippen MR) is 88.4 cm³/mol. The van der Waals surface area contributed by atoms with Crippen molar-refractivity contribution in [1.29, 1.82) is 0 Å². The largest absolute Gasteiger partial charge is 0.398 e. The molecule has 3 N–H and O–H groups in total. The van der Waals surface area contributed by atoms with E-state index in [4.69, 9.17) is 5.73 Å². The highest BCUT2D eigenvalue weighted by atomic mass is 16.1. The maximum Gasteiger partial charge on any atom is 0.217 e. The predicted octanol–water partition coefficient (Wildman–Crippen LogP) is 2.65. The van der Waals surface area contributed by atoms with E-state index in [-0.39, 0.29) is 11.7 Å². The molecule has 1 amide bonds. The van der Waals surface area contributed by atoms with Crippen molar-refractivity contribution in [3.8, 4) is 0 Å². The smallest absolute Gasteiger partial charge is 0.217 e. The summed E-state index contributed by atoms with van der Waals surface area (Å²) < 4.78 is 0. The van der Waals surface area contributed by atoms with E-state index in [0.717, 1.165) is 5.56 Å². The molecule has 0 aliphatic carbocycles. The zero-order valence-corrected chi connectivity index (χ0v) is 12.4. The SMILES string of the molecule is CC(=O)NCC=Cc1ccc(N)c(C(=O)c2ccccc2)c1. The molecule has 0 aliphatic heterocycles. The lowest BCUT2D eigenvalue weighted by molar-refractivity contribution is -0.118. The Labute approximate surface area is 129 Å². The summed E-state index contributed by atoms with van der Waals surface area (Å²) >= 11 is 0. The van der Waals surface area contributed by atoms with Crippen molar-refractivity contribution in [3.63, 3.8) is 0 Å². The molecule has 0 heterocycles. The Kier molecular flexibility index (Phi) is 5.09. The van der Waals surface area contributed by atoms with Crippen LogP contribution in [0.2, 0.25) is 0 Å². The number of amides is 1. The molecule has 112 valence electrons. The van der Waals surface area contributed by atoms with Gasteiger partial charge in [-0.15, -0.1) is 0 Å². The fraction of sp³-hybridized carbons (Fsp3) is 0.111. The third-order valence-electron chi connectivity index (χ3n) is 3.14. The van der Waals surface area contributed by atoms with Crippen molar-refractivity contribution in [2.24, 2.45) is 0 Å². The number of hydrogen-bond donors (Lipinski definition) is 2. The molecule has 0 atom stereocenters. The highest BCUT2D eigenvalue weighted by Gasteiger charge is 2.12. The normalized spacial score (nSPS) is 10.6. The van der Waals surface area contributed by atoms with Crippen LogP contribution in [-0.4, -0.2) is 18.2 Å². The number of hydrogen-bond acceptors (Lipinski definition) is 3. The number of ketones is 1. The molecular weight excluding hydrogens is 276 g/mol. The molecule has 0 saturated carbocycles. The van der Waals surface area contributed by atoms with E-state index >= 15 is 0 Å². The first-order valence-electron chi connectivity index (χ1n) is 6.98. The van der Waals surface area contributed by atoms with E-state index in [1.54, 1.807) is 24.3 Å². The Balaban J connectivity index is 2.20. The van der Waals surface area contributed by atoms with Crippen LogP contribution in [0.4, 0.5) is 5.69 Å². The first-order valence-corrected chi connectivity index (χ1v) is 6.98. The Morgan fingerprint density at radius 1 is 1.14 bits per heavy atom. The average Bonchev–Trinajstić information content (AvgIpc) is 2.53. The zero-order valence-electron chi connectivity index (χ0n) is 12.4. The molecule has 0 aliphatic rings. The van der Waals surface area contributed by atoms with Gasteiger partial charge in [-0.05, 0) is 17.7 Å².